The van der Waals surface area contributed by atoms with Gasteiger partial charge < -0.3 is 4.74 Å². The van der Waals surface area contributed by atoms with Crippen LogP contribution in [-0.2, 0) is 0 Å². The average Bonchev–Trinajstić information content (AvgIpc) is 2.78. The van der Waals surface area contributed by atoms with Crippen LogP contribution in [0.3, 0.4) is 0 Å². The van der Waals surface area contributed by atoms with Gasteiger partial charge in [-0.15, -0.1) is 0 Å². The van der Waals surface area contributed by atoms with Crippen LogP contribution >= 0.6 is 0 Å². The van der Waals surface area contributed by atoms with Gasteiger partial charge >= 0.3 is 0 Å². The Morgan fingerprint density at radius 2 is 1.77 bits per heavy atom. The third-order valence-electron chi connectivity index (χ3n) is 8.94. The molecule has 35 heavy (non-hydrogen) atoms. The minimum absolute atomic E-state index is 0.214. The van der Waals surface area contributed by atoms with Crippen molar-refractivity contribution in [2.75, 3.05) is 0 Å². The summed E-state index contributed by atoms with van der Waals surface area (Å²) in [5.41, 5.74) is 12.3. The van der Waals surface area contributed by atoms with Crippen LogP contribution in [-0.4, -0.2) is 0 Å². The highest BCUT2D eigenvalue weighted by Crippen LogP contribution is 2.51. The third-order valence-corrected chi connectivity index (χ3v) is 8.94. The Bertz CT molecular complexity index is 1240. The lowest BCUT2D eigenvalue weighted by molar-refractivity contribution is 0.247. The molecule has 0 N–H and O–H groups in total. The second-order valence-electron chi connectivity index (χ2n) is 12.5. The highest BCUT2D eigenvalue weighted by molar-refractivity contribution is 5.52. The first-order valence-corrected chi connectivity index (χ1v) is 13.5. The van der Waals surface area contributed by atoms with Gasteiger partial charge in [-0.25, -0.2) is 0 Å². The highest BCUT2D eigenvalue weighted by Gasteiger charge is 2.37. The second kappa shape index (κ2) is 8.84. The molecule has 3 unspecified atom stereocenters. The molecule has 0 amide bonds. The highest BCUT2D eigenvalue weighted by atomic mass is 16.5. The molecule has 0 saturated carbocycles. The van der Waals surface area contributed by atoms with Gasteiger partial charge in [-0.2, -0.15) is 0 Å². The first kappa shape index (κ1) is 24.2. The molecule has 0 aromatic heterocycles. The number of benzene rings is 1. The van der Waals surface area contributed by atoms with Crippen molar-refractivity contribution in [1.29, 1.82) is 0 Å². The fraction of sp³-hybridized carbons (Fsp3) is 0.471. The fourth-order valence-electron chi connectivity index (χ4n) is 6.71. The molecular formula is C34H42O. The molecular weight excluding hydrogens is 424 g/mol. The van der Waals surface area contributed by atoms with Crippen molar-refractivity contribution in [3.05, 3.63) is 98.9 Å². The molecule has 4 aliphatic rings. The van der Waals surface area contributed by atoms with Gasteiger partial charge in [-0.3, -0.25) is 0 Å². The maximum atomic E-state index is 6.44. The van der Waals surface area contributed by atoms with E-state index in [2.05, 4.69) is 97.0 Å². The summed E-state index contributed by atoms with van der Waals surface area (Å²) in [6, 6.07) is 6.44. The van der Waals surface area contributed by atoms with Gasteiger partial charge in [0.05, 0.1) is 0 Å². The largest absolute Gasteiger partial charge is 0.461 e. The van der Waals surface area contributed by atoms with Crippen LogP contribution in [0, 0.1) is 30.6 Å². The quantitative estimate of drug-likeness (QED) is 0.429. The Balaban J connectivity index is 1.36. The Morgan fingerprint density at radius 1 is 0.971 bits per heavy atom. The monoisotopic (exact) mass is 466 g/mol. The number of rotatable bonds is 4. The predicted octanol–water partition coefficient (Wildman–Crippen LogP) is 9.65. The first-order valence-electron chi connectivity index (χ1n) is 13.5. The third kappa shape index (κ3) is 4.92. The van der Waals surface area contributed by atoms with Gasteiger partial charge in [0, 0.05) is 5.92 Å². The SMILES string of the molecule is CC1=C(C)CC(C)(CC2(C)C=C3CC4=C(CC3=CC2)CC(C)C(Oc2ccc(C)c(C)c2)=C4)C=C1. The zero-order valence-electron chi connectivity index (χ0n) is 22.8. The van der Waals surface area contributed by atoms with E-state index in [-0.39, 0.29) is 10.8 Å². The number of hydrogen-bond acceptors (Lipinski definition) is 1. The normalized spacial score (nSPS) is 30.4. The van der Waals surface area contributed by atoms with Crippen molar-refractivity contribution in [2.45, 2.75) is 87.0 Å². The van der Waals surface area contributed by atoms with Crippen molar-refractivity contribution in [3.8, 4) is 5.75 Å². The number of fused-ring (bicyclic) bond motifs is 1. The molecule has 1 heteroatoms. The van der Waals surface area contributed by atoms with Gasteiger partial charge in [0.2, 0.25) is 0 Å². The zero-order chi connectivity index (χ0) is 25.0. The lowest BCUT2D eigenvalue weighted by Crippen LogP contribution is -2.29. The Hall–Kier alpha value is -2.54. The Labute approximate surface area is 213 Å². The second-order valence-corrected chi connectivity index (χ2v) is 12.5. The average molecular weight is 467 g/mol. The molecule has 0 spiro atoms. The van der Waals surface area contributed by atoms with Crippen LogP contribution in [0.1, 0.15) is 84.3 Å². The molecule has 5 rings (SSSR count). The number of allylic oxidation sites excluding steroid dienone is 12. The molecule has 1 nitrogen and oxygen atoms in total. The number of ether oxygens (including phenoxy) is 1. The van der Waals surface area contributed by atoms with Gasteiger partial charge in [0.25, 0.3) is 0 Å². The predicted molar refractivity (Wildman–Crippen MR) is 148 cm³/mol. The van der Waals surface area contributed by atoms with Crippen molar-refractivity contribution in [3.63, 3.8) is 0 Å². The minimum atomic E-state index is 0.214. The molecule has 4 aliphatic carbocycles. The molecule has 0 heterocycles. The fourth-order valence-corrected chi connectivity index (χ4v) is 6.71. The Kier molecular flexibility index (Phi) is 6.10. The van der Waals surface area contributed by atoms with E-state index >= 15 is 0 Å². The van der Waals surface area contributed by atoms with E-state index in [0.717, 1.165) is 37.2 Å². The van der Waals surface area contributed by atoms with Crippen molar-refractivity contribution in [2.24, 2.45) is 16.7 Å². The van der Waals surface area contributed by atoms with E-state index in [4.69, 9.17) is 4.74 Å². The minimum Gasteiger partial charge on any atom is -0.461 e. The summed E-state index contributed by atoms with van der Waals surface area (Å²) in [6.45, 7) is 16.1. The maximum Gasteiger partial charge on any atom is 0.127 e. The number of hydrogen-bond donors (Lipinski definition) is 0. The summed E-state index contributed by atoms with van der Waals surface area (Å²) in [5, 5.41) is 0. The van der Waals surface area contributed by atoms with Crippen molar-refractivity contribution < 1.29 is 4.74 Å². The molecule has 0 saturated heterocycles. The van der Waals surface area contributed by atoms with Gasteiger partial charge in [-0.05, 0) is 123 Å². The maximum absolute atomic E-state index is 6.44. The summed E-state index contributed by atoms with van der Waals surface area (Å²) in [6.07, 6.45) is 19.2. The summed E-state index contributed by atoms with van der Waals surface area (Å²) in [4.78, 5) is 0. The summed E-state index contributed by atoms with van der Waals surface area (Å²) in [5.74, 6) is 2.51. The summed E-state index contributed by atoms with van der Waals surface area (Å²) >= 11 is 0. The Morgan fingerprint density at radius 3 is 2.51 bits per heavy atom. The lowest BCUT2D eigenvalue weighted by Gasteiger charge is -2.41. The van der Waals surface area contributed by atoms with Crippen LogP contribution in [0.2, 0.25) is 0 Å². The lowest BCUT2D eigenvalue weighted by atomic mass is 9.63. The van der Waals surface area contributed by atoms with E-state index in [1.54, 1.807) is 22.3 Å². The standard InChI is InChI=1S/C34H42O/c1-22-8-9-31(15-24(22)3)35-32-18-29-17-30-20-34(7,13-11-27(30)16-28(29)14-25(32)4)21-33(6)12-10-23(2)26(5)19-33/h8-12,15,18,20,25H,13-14,16-17,19,21H2,1-7H3. The van der Waals surface area contributed by atoms with E-state index < -0.39 is 0 Å². The van der Waals surface area contributed by atoms with Gasteiger partial charge in [0.1, 0.15) is 11.5 Å². The molecule has 3 atom stereocenters. The molecule has 1 aromatic rings. The van der Waals surface area contributed by atoms with Crippen LogP contribution in [0.15, 0.2) is 87.8 Å². The number of aryl methyl sites for hydroxylation is 2. The van der Waals surface area contributed by atoms with E-state index in [1.165, 1.54) is 35.1 Å². The van der Waals surface area contributed by atoms with Crippen LogP contribution in [0.4, 0.5) is 0 Å². The van der Waals surface area contributed by atoms with E-state index in [9.17, 15) is 0 Å². The molecule has 0 bridgehead atoms. The van der Waals surface area contributed by atoms with Crippen molar-refractivity contribution in [1.82, 2.24) is 0 Å². The summed E-state index contributed by atoms with van der Waals surface area (Å²) in [7, 11) is 0. The molecule has 184 valence electrons. The molecule has 0 radical (unpaired) electrons. The van der Waals surface area contributed by atoms with Crippen LogP contribution in [0.5, 0.6) is 5.75 Å². The topological polar surface area (TPSA) is 9.23 Å². The van der Waals surface area contributed by atoms with Crippen LogP contribution in [0.25, 0.3) is 0 Å². The smallest absolute Gasteiger partial charge is 0.127 e. The molecule has 0 fully saturated rings. The van der Waals surface area contributed by atoms with E-state index in [1.807, 2.05) is 0 Å². The zero-order valence-corrected chi connectivity index (χ0v) is 22.8. The van der Waals surface area contributed by atoms with Crippen LogP contribution < -0.4 is 4.74 Å². The van der Waals surface area contributed by atoms with Crippen molar-refractivity contribution >= 4 is 0 Å². The van der Waals surface area contributed by atoms with Gasteiger partial charge in [0.15, 0.2) is 0 Å². The molecule has 0 aliphatic heterocycles. The molecule has 1 aromatic carbocycles. The summed E-state index contributed by atoms with van der Waals surface area (Å²) < 4.78 is 6.44. The first-order chi connectivity index (χ1) is 16.5. The van der Waals surface area contributed by atoms with E-state index in [0.29, 0.717) is 5.92 Å². The van der Waals surface area contributed by atoms with Gasteiger partial charge in [-0.1, -0.05) is 67.9 Å².